The molecule has 0 atom stereocenters. The number of ether oxygens (including phenoxy) is 1. The first-order chi connectivity index (χ1) is 5.77. The Bertz CT molecular complexity index is 333. The molecular weight excluding hydrogens is 154 g/mol. The van der Waals surface area contributed by atoms with Crippen LogP contribution in [0.5, 0.6) is 5.75 Å². The van der Waals surface area contributed by atoms with Crippen LogP contribution in [0, 0.1) is 6.92 Å². The van der Waals surface area contributed by atoms with Crippen LogP contribution >= 0.6 is 0 Å². The Kier molecular flexibility index (Phi) is 1.50. The number of hydrogen-bond donors (Lipinski definition) is 1. The number of fused-ring (bicyclic) bond motifs is 1. The molecule has 3 heteroatoms. The van der Waals surface area contributed by atoms with E-state index in [1.165, 1.54) is 0 Å². The second kappa shape index (κ2) is 2.52. The fourth-order valence-electron chi connectivity index (χ4n) is 1.22. The van der Waals surface area contributed by atoms with E-state index in [4.69, 9.17) is 4.74 Å². The van der Waals surface area contributed by atoms with E-state index in [0.29, 0.717) is 11.3 Å². The topological polar surface area (TPSA) is 38.3 Å². The lowest BCUT2D eigenvalue weighted by atomic mass is 10.1. The van der Waals surface area contributed by atoms with Gasteiger partial charge in [-0.15, -0.1) is 0 Å². The third-order valence-electron chi connectivity index (χ3n) is 1.84. The number of hydrogen-bond acceptors (Lipinski definition) is 2. The van der Waals surface area contributed by atoms with E-state index in [0.717, 1.165) is 5.56 Å². The number of nitrogens with one attached hydrogen (secondary N) is 1. The SMILES string of the molecule is Cc1ccc2c(c1)C(=O)NCO2. The number of amides is 1. The molecule has 2 rings (SSSR count). The van der Waals surface area contributed by atoms with Crippen molar-refractivity contribution in [1.29, 1.82) is 0 Å². The van der Waals surface area contributed by atoms with Crippen molar-refractivity contribution >= 4 is 5.91 Å². The van der Waals surface area contributed by atoms with Gasteiger partial charge in [0.1, 0.15) is 5.75 Å². The summed E-state index contributed by atoms with van der Waals surface area (Å²) in [6, 6.07) is 5.57. The minimum atomic E-state index is -0.0556. The first kappa shape index (κ1) is 7.16. The lowest BCUT2D eigenvalue weighted by Gasteiger charge is -2.17. The average molecular weight is 163 g/mol. The van der Waals surface area contributed by atoms with Gasteiger partial charge >= 0.3 is 0 Å². The van der Waals surface area contributed by atoms with Gasteiger partial charge in [0.15, 0.2) is 6.73 Å². The van der Waals surface area contributed by atoms with Crippen LogP contribution in [-0.2, 0) is 0 Å². The van der Waals surface area contributed by atoms with Crippen LogP contribution < -0.4 is 10.1 Å². The Labute approximate surface area is 70.3 Å². The third-order valence-corrected chi connectivity index (χ3v) is 1.84. The summed E-state index contributed by atoms with van der Waals surface area (Å²) < 4.78 is 5.22. The Balaban J connectivity index is 2.54. The molecule has 1 aromatic carbocycles. The summed E-state index contributed by atoms with van der Waals surface area (Å²) in [5.74, 6) is 0.615. The van der Waals surface area contributed by atoms with Gasteiger partial charge in [-0.1, -0.05) is 11.6 Å². The van der Waals surface area contributed by atoms with E-state index in [-0.39, 0.29) is 12.6 Å². The number of benzene rings is 1. The molecule has 0 saturated heterocycles. The van der Waals surface area contributed by atoms with Gasteiger partial charge in [-0.25, -0.2) is 0 Å². The minimum absolute atomic E-state index is 0.0556. The zero-order valence-electron chi connectivity index (χ0n) is 6.76. The summed E-state index contributed by atoms with van der Waals surface area (Å²) in [6.45, 7) is 2.22. The molecule has 0 spiro atoms. The monoisotopic (exact) mass is 163 g/mol. The smallest absolute Gasteiger partial charge is 0.257 e. The minimum Gasteiger partial charge on any atom is -0.472 e. The average Bonchev–Trinajstić information content (AvgIpc) is 2.07. The molecular formula is C9H9NO2. The van der Waals surface area contributed by atoms with E-state index < -0.39 is 0 Å². The van der Waals surface area contributed by atoms with Crippen molar-refractivity contribution in [2.75, 3.05) is 6.73 Å². The van der Waals surface area contributed by atoms with Crippen molar-refractivity contribution in [2.24, 2.45) is 0 Å². The molecule has 1 aliphatic rings. The van der Waals surface area contributed by atoms with Crippen LogP contribution in [0.2, 0.25) is 0 Å². The Hall–Kier alpha value is -1.51. The molecule has 0 fully saturated rings. The van der Waals surface area contributed by atoms with E-state index in [1.807, 2.05) is 25.1 Å². The van der Waals surface area contributed by atoms with Crippen molar-refractivity contribution in [3.8, 4) is 5.75 Å². The lowest BCUT2D eigenvalue weighted by Crippen LogP contribution is -2.32. The first-order valence-electron chi connectivity index (χ1n) is 3.79. The second-order valence-corrected chi connectivity index (χ2v) is 2.79. The fraction of sp³-hybridized carbons (Fsp3) is 0.222. The zero-order chi connectivity index (χ0) is 8.55. The lowest BCUT2D eigenvalue weighted by molar-refractivity contribution is 0.0883. The number of carbonyl (C=O) groups excluding carboxylic acids is 1. The molecule has 0 radical (unpaired) electrons. The molecule has 0 unspecified atom stereocenters. The molecule has 1 aliphatic heterocycles. The summed E-state index contributed by atoms with van der Waals surface area (Å²) in [5.41, 5.74) is 1.69. The van der Waals surface area contributed by atoms with Gasteiger partial charge in [0, 0.05) is 0 Å². The van der Waals surface area contributed by atoms with Crippen molar-refractivity contribution in [3.05, 3.63) is 29.3 Å². The van der Waals surface area contributed by atoms with Crippen molar-refractivity contribution < 1.29 is 9.53 Å². The largest absolute Gasteiger partial charge is 0.472 e. The summed E-state index contributed by atoms with van der Waals surface area (Å²) in [7, 11) is 0. The van der Waals surface area contributed by atoms with Gasteiger partial charge in [-0.05, 0) is 19.1 Å². The quantitative estimate of drug-likeness (QED) is 0.621. The maximum absolute atomic E-state index is 11.2. The first-order valence-corrected chi connectivity index (χ1v) is 3.79. The highest BCUT2D eigenvalue weighted by Gasteiger charge is 2.16. The van der Waals surface area contributed by atoms with Crippen molar-refractivity contribution in [3.63, 3.8) is 0 Å². The molecule has 3 nitrogen and oxygen atoms in total. The summed E-state index contributed by atoms with van der Waals surface area (Å²) in [4.78, 5) is 11.2. The molecule has 0 saturated carbocycles. The second-order valence-electron chi connectivity index (χ2n) is 2.79. The maximum Gasteiger partial charge on any atom is 0.257 e. The molecule has 1 amide bonds. The van der Waals surface area contributed by atoms with E-state index in [9.17, 15) is 4.79 Å². The molecule has 12 heavy (non-hydrogen) atoms. The number of carbonyl (C=O) groups is 1. The van der Waals surface area contributed by atoms with Gasteiger partial charge in [-0.2, -0.15) is 0 Å². The molecule has 0 aromatic heterocycles. The highest BCUT2D eigenvalue weighted by molar-refractivity contribution is 5.97. The van der Waals surface area contributed by atoms with Crippen LogP contribution in [0.4, 0.5) is 0 Å². The van der Waals surface area contributed by atoms with Crippen LogP contribution in [0.15, 0.2) is 18.2 Å². The van der Waals surface area contributed by atoms with Crippen LogP contribution in [0.1, 0.15) is 15.9 Å². The standard InChI is InChI=1S/C9H9NO2/c1-6-2-3-8-7(4-6)9(11)10-5-12-8/h2-4H,5H2,1H3,(H,10,11). The highest BCUT2D eigenvalue weighted by Crippen LogP contribution is 2.21. The third kappa shape index (κ3) is 1.03. The Morgan fingerprint density at radius 2 is 2.33 bits per heavy atom. The van der Waals surface area contributed by atoms with Gasteiger partial charge in [0.2, 0.25) is 0 Å². The summed E-state index contributed by atoms with van der Waals surface area (Å²) >= 11 is 0. The summed E-state index contributed by atoms with van der Waals surface area (Å²) in [5, 5.41) is 2.60. The van der Waals surface area contributed by atoms with Crippen LogP contribution in [0.3, 0.4) is 0 Å². The van der Waals surface area contributed by atoms with Crippen LogP contribution in [0.25, 0.3) is 0 Å². The maximum atomic E-state index is 11.2. The number of aryl methyl sites for hydroxylation is 1. The number of rotatable bonds is 0. The normalized spacial score (nSPS) is 14.6. The molecule has 1 heterocycles. The van der Waals surface area contributed by atoms with Crippen molar-refractivity contribution in [2.45, 2.75) is 6.92 Å². The fourth-order valence-corrected chi connectivity index (χ4v) is 1.22. The van der Waals surface area contributed by atoms with E-state index in [1.54, 1.807) is 0 Å². The highest BCUT2D eigenvalue weighted by atomic mass is 16.5. The zero-order valence-corrected chi connectivity index (χ0v) is 6.76. The molecule has 0 aliphatic carbocycles. The summed E-state index contributed by atoms with van der Waals surface area (Å²) in [6.07, 6.45) is 0. The Morgan fingerprint density at radius 3 is 3.17 bits per heavy atom. The predicted octanol–water partition coefficient (Wildman–Crippen LogP) is 1.07. The molecule has 1 aromatic rings. The van der Waals surface area contributed by atoms with Crippen LogP contribution in [-0.4, -0.2) is 12.6 Å². The van der Waals surface area contributed by atoms with Gasteiger partial charge in [0.25, 0.3) is 5.91 Å². The van der Waals surface area contributed by atoms with E-state index >= 15 is 0 Å². The Morgan fingerprint density at radius 1 is 1.50 bits per heavy atom. The van der Waals surface area contributed by atoms with Crippen molar-refractivity contribution in [1.82, 2.24) is 5.32 Å². The molecule has 62 valence electrons. The molecule has 0 bridgehead atoms. The van der Waals surface area contributed by atoms with Gasteiger partial charge in [-0.3, -0.25) is 4.79 Å². The molecule has 1 N–H and O–H groups in total. The van der Waals surface area contributed by atoms with Gasteiger partial charge < -0.3 is 10.1 Å². The predicted molar refractivity (Wildman–Crippen MR) is 44.1 cm³/mol. The van der Waals surface area contributed by atoms with Gasteiger partial charge in [0.05, 0.1) is 5.56 Å². The van der Waals surface area contributed by atoms with E-state index in [2.05, 4.69) is 5.32 Å².